The molecule has 0 aromatic carbocycles. The van der Waals surface area contributed by atoms with Gasteiger partial charge in [-0.25, -0.2) is 9.78 Å². The van der Waals surface area contributed by atoms with Crippen LogP contribution in [-0.4, -0.2) is 34.8 Å². The Morgan fingerprint density at radius 1 is 1.65 bits per heavy atom. The molecule has 4 N–H and O–H groups in total. The normalized spacial score (nSPS) is 23.6. The number of carboxylic acids is 1. The smallest absolute Gasteiger partial charge is 0.354 e. The second-order valence-corrected chi connectivity index (χ2v) is 4.05. The topological polar surface area (TPSA) is 97.5 Å². The summed E-state index contributed by atoms with van der Waals surface area (Å²) in [6.07, 6.45) is 0.934. The molecule has 1 aliphatic rings. The van der Waals surface area contributed by atoms with Crippen molar-refractivity contribution in [3.05, 3.63) is 17.8 Å². The molecule has 2 rings (SSSR count). The number of aromatic nitrogens is 1. The molecule has 0 amide bonds. The third kappa shape index (κ3) is 2.47. The number of nitrogen functional groups attached to an aromatic ring is 1. The molecule has 17 heavy (non-hydrogen) atoms. The van der Waals surface area contributed by atoms with Crippen LogP contribution in [0, 0.1) is 0 Å². The van der Waals surface area contributed by atoms with Crippen molar-refractivity contribution in [2.24, 2.45) is 0 Å². The lowest BCUT2D eigenvalue weighted by atomic mass is 10.1. The SMILES string of the molecule is CC1OCCC1Nc1nc(C(=O)O)ccc1N. The zero-order valence-electron chi connectivity index (χ0n) is 9.51. The Hall–Kier alpha value is -1.82. The zero-order valence-corrected chi connectivity index (χ0v) is 9.51. The van der Waals surface area contributed by atoms with Gasteiger partial charge in [0.15, 0.2) is 11.5 Å². The molecule has 0 aliphatic carbocycles. The first-order valence-corrected chi connectivity index (χ1v) is 5.46. The van der Waals surface area contributed by atoms with Crippen LogP contribution in [0.2, 0.25) is 0 Å². The van der Waals surface area contributed by atoms with Gasteiger partial charge >= 0.3 is 5.97 Å². The number of rotatable bonds is 3. The number of hydrogen-bond acceptors (Lipinski definition) is 5. The quantitative estimate of drug-likeness (QED) is 0.724. The molecule has 2 atom stereocenters. The minimum Gasteiger partial charge on any atom is -0.477 e. The van der Waals surface area contributed by atoms with Crippen molar-refractivity contribution in [3.8, 4) is 0 Å². The maximum Gasteiger partial charge on any atom is 0.354 e. The predicted octanol–water partition coefficient (Wildman–Crippen LogP) is 0.951. The van der Waals surface area contributed by atoms with E-state index in [1.807, 2.05) is 6.92 Å². The molecule has 6 heteroatoms. The summed E-state index contributed by atoms with van der Waals surface area (Å²) in [6, 6.07) is 3.05. The first kappa shape index (κ1) is 11.7. The van der Waals surface area contributed by atoms with Crippen molar-refractivity contribution in [1.29, 1.82) is 0 Å². The lowest BCUT2D eigenvalue weighted by Gasteiger charge is -2.17. The van der Waals surface area contributed by atoms with Gasteiger partial charge in [-0.2, -0.15) is 0 Å². The van der Waals surface area contributed by atoms with E-state index in [4.69, 9.17) is 15.6 Å². The van der Waals surface area contributed by atoms with Crippen LogP contribution in [-0.2, 0) is 4.74 Å². The molecule has 92 valence electrons. The highest BCUT2D eigenvalue weighted by molar-refractivity contribution is 5.86. The number of nitrogens with two attached hydrogens (primary N) is 1. The van der Waals surface area contributed by atoms with E-state index in [1.54, 1.807) is 6.07 Å². The van der Waals surface area contributed by atoms with Gasteiger partial charge in [-0.15, -0.1) is 0 Å². The molecule has 1 fully saturated rings. The molecule has 0 bridgehead atoms. The third-order valence-corrected chi connectivity index (χ3v) is 2.84. The molecule has 1 aromatic heterocycles. The molecule has 1 aromatic rings. The summed E-state index contributed by atoms with van der Waals surface area (Å²) in [4.78, 5) is 14.8. The number of nitrogens with zero attached hydrogens (tertiary/aromatic N) is 1. The van der Waals surface area contributed by atoms with Gasteiger partial charge < -0.3 is 20.9 Å². The molecular weight excluding hydrogens is 222 g/mol. The van der Waals surface area contributed by atoms with Crippen LogP contribution in [0.25, 0.3) is 0 Å². The molecule has 2 heterocycles. The van der Waals surface area contributed by atoms with Crippen LogP contribution in [0.1, 0.15) is 23.8 Å². The molecule has 0 spiro atoms. The first-order chi connectivity index (χ1) is 8.08. The molecule has 1 aliphatic heterocycles. The Kier molecular flexibility index (Phi) is 3.14. The van der Waals surface area contributed by atoms with Crippen molar-refractivity contribution < 1.29 is 14.6 Å². The van der Waals surface area contributed by atoms with Crippen LogP contribution in [0.3, 0.4) is 0 Å². The van der Waals surface area contributed by atoms with Crippen molar-refractivity contribution in [2.45, 2.75) is 25.5 Å². The summed E-state index contributed by atoms with van der Waals surface area (Å²) in [6.45, 7) is 2.65. The van der Waals surface area contributed by atoms with Gasteiger partial charge in [0.2, 0.25) is 0 Å². The second kappa shape index (κ2) is 4.58. The van der Waals surface area contributed by atoms with Gasteiger partial charge in [-0.3, -0.25) is 0 Å². The van der Waals surface area contributed by atoms with E-state index in [0.29, 0.717) is 18.1 Å². The monoisotopic (exact) mass is 237 g/mol. The number of hydrogen-bond donors (Lipinski definition) is 3. The average molecular weight is 237 g/mol. The lowest BCUT2D eigenvalue weighted by molar-refractivity contribution is 0.0690. The molecular formula is C11H15N3O3. The number of carbonyl (C=O) groups is 1. The molecule has 1 saturated heterocycles. The van der Waals surface area contributed by atoms with E-state index in [1.165, 1.54) is 6.07 Å². The molecule has 6 nitrogen and oxygen atoms in total. The summed E-state index contributed by atoms with van der Waals surface area (Å²) in [5.74, 6) is -0.656. The fourth-order valence-electron chi connectivity index (χ4n) is 1.80. The number of anilines is 2. The molecule has 0 radical (unpaired) electrons. The maximum absolute atomic E-state index is 10.8. The Balaban J connectivity index is 2.19. The van der Waals surface area contributed by atoms with Gasteiger partial charge in [0.25, 0.3) is 0 Å². The number of carboxylic acid groups (broad SMARTS) is 1. The molecule has 0 saturated carbocycles. The number of ether oxygens (including phenoxy) is 1. The first-order valence-electron chi connectivity index (χ1n) is 5.46. The summed E-state index contributed by atoms with van der Waals surface area (Å²) in [5, 5.41) is 12.0. The van der Waals surface area contributed by atoms with Crippen LogP contribution in [0.15, 0.2) is 12.1 Å². The van der Waals surface area contributed by atoms with E-state index in [-0.39, 0.29) is 17.8 Å². The summed E-state index contributed by atoms with van der Waals surface area (Å²) in [7, 11) is 0. The van der Waals surface area contributed by atoms with Crippen molar-refractivity contribution in [1.82, 2.24) is 4.98 Å². The van der Waals surface area contributed by atoms with E-state index >= 15 is 0 Å². The zero-order chi connectivity index (χ0) is 12.4. The summed E-state index contributed by atoms with van der Waals surface area (Å²) in [5.41, 5.74) is 6.17. The standard InChI is InChI=1S/C11H15N3O3/c1-6-8(4-5-17-6)13-10-7(12)2-3-9(14-10)11(15)16/h2-3,6,8H,4-5,12H2,1H3,(H,13,14)(H,15,16). The largest absolute Gasteiger partial charge is 0.477 e. The average Bonchev–Trinajstić information content (AvgIpc) is 2.67. The Labute approximate surface area is 98.8 Å². The molecule has 2 unspecified atom stereocenters. The minimum atomic E-state index is -1.07. The summed E-state index contributed by atoms with van der Waals surface area (Å²) < 4.78 is 5.41. The fraction of sp³-hybridized carbons (Fsp3) is 0.455. The highest BCUT2D eigenvalue weighted by atomic mass is 16.5. The van der Waals surface area contributed by atoms with E-state index in [9.17, 15) is 4.79 Å². The van der Waals surface area contributed by atoms with Gasteiger partial charge in [0, 0.05) is 6.61 Å². The predicted molar refractivity (Wildman–Crippen MR) is 63.1 cm³/mol. The van der Waals surface area contributed by atoms with E-state index in [2.05, 4.69) is 10.3 Å². The maximum atomic E-state index is 10.8. The van der Waals surface area contributed by atoms with Crippen molar-refractivity contribution in [2.75, 3.05) is 17.7 Å². The highest BCUT2D eigenvalue weighted by Crippen LogP contribution is 2.22. The summed E-state index contributed by atoms with van der Waals surface area (Å²) >= 11 is 0. The minimum absolute atomic E-state index is 0.0201. The van der Waals surface area contributed by atoms with Gasteiger partial charge in [-0.05, 0) is 25.5 Å². The van der Waals surface area contributed by atoms with Crippen molar-refractivity contribution >= 4 is 17.5 Å². The van der Waals surface area contributed by atoms with Crippen molar-refractivity contribution in [3.63, 3.8) is 0 Å². The van der Waals surface area contributed by atoms with E-state index in [0.717, 1.165) is 6.42 Å². The number of nitrogens with one attached hydrogen (secondary N) is 1. The van der Waals surface area contributed by atoms with Gasteiger partial charge in [0.05, 0.1) is 17.8 Å². The van der Waals surface area contributed by atoms with E-state index < -0.39 is 5.97 Å². The number of aromatic carboxylic acids is 1. The van der Waals surface area contributed by atoms with Crippen LogP contribution < -0.4 is 11.1 Å². The Morgan fingerprint density at radius 3 is 3.00 bits per heavy atom. The third-order valence-electron chi connectivity index (χ3n) is 2.84. The van der Waals surface area contributed by atoms with Gasteiger partial charge in [0.1, 0.15) is 0 Å². The second-order valence-electron chi connectivity index (χ2n) is 4.05. The number of pyridine rings is 1. The van der Waals surface area contributed by atoms with Crippen LogP contribution in [0.4, 0.5) is 11.5 Å². The van der Waals surface area contributed by atoms with Crippen LogP contribution >= 0.6 is 0 Å². The Morgan fingerprint density at radius 2 is 2.41 bits per heavy atom. The Bertz CT molecular complexity index is 436. The lowest BCUT2D eigenvalue weighted by Crippen LogP contribution is -2.27. The highest BCUT2D eigenvalue weighted by Gasteiger charge is 2.25. The van der Waals surface area contributed by atoms with Crippen LogP contribution in [0.5, 0.6) is 0 Å². The van der Waals surface area contributed by atoms with Gasteiger partial charge in [-0.1, -0.05) is 0 Å². The fourth-order valence-corrected chi connectivity index (χ4v) is 1.80.